The maximum absolute atomic E-state index is 12.6. The first-order valence-electron chi connectivity index (χ1n) is 11.0. The van der Waals surface area contributed by atoms with Crippen molar-refractivity contribution in [2.45, 2.75) is 48.5 Å². The number of anilines is 2. The zero-order chi connectivity index (χ0) is 21.9. The van der Waals surface area contributed by atoms with E-state index in [0.717, 1.165) is 59.9 Å². The van der Waals surface area contributed by atoms with Crippen LogP contribution in [0.2, 0.25) is 5.02 Å². The fourth-order valence-corrected chi connectivity index (χ4v) is 7.14. The van der Waals surface area contributed by atoms with Crippen LogP contribution >= 0.6 is 22.9 Å². The molecular formula is C22H24ClN5O2S2. The van der Waals surface area contributed by atoms with E-state index in [1.807, 2.05) is 18.2 Å². The molecule has 2 aliphatic heterocycles. The van der Waals surface area contributed by atoms with E-state index < -0.39 is 10.8 Å². The molecular weight excluding hydrogens is 466 g/mol. The van der Waals surface area contributed by atoms with E-state index in [0.29, 0.717) is 29.9 Å². The molecule has 1 saturated heterocycles. The highest BCUT2D eigenvalue weighted by atomic mass is 35.5. The number of fused-ring (bicyclic) bond motifs is 2. The van der Waals surface area contributed by atoms with Gasteiger partial charge < -0.3 is 15.3 Å². The fraction of sp³-hybridized carbons (Fsp3) is 0.500. The van der Waals surface area contributed by atoms with Crippen LogP contribution in [-0.4, -0.2) is 55.3 Å². The van der Waals surface area contributed by atoms with Gasteiger partial charge in [-0.1, -0.05) is 11.6 Å². The smallest absolute Gasteiger partial charge is 0.227 e. The van der Waals surface area contributed by atoms with Crippen LogP contribution in [0.5, 0.6) is 0 Å². The summed E-state index contributed by atoms with van der Waals surface area (Å²) in [6, 6.07) is 5.90. The molecule has 1 aromatic carbocycles. The van der Waals surface area contributed by atoms with E-state index in [9.17, 15) is 9.32 Å². The minimum absolute atomic E-state index is 0.0620. The number of nitrogens with zero attached hydrogens (tertiary/aromatic N) is 4. The lowest BCUT2D eigenvalue weighted by molar-refractivity contribution is 0.265. The first kappa shape index (κ1) is 20.8. The molecule has 2 fully saturated rings. The molecule has 7 nitrogen and oxygen atoms in total. The number of aryl methyl sites for hydroxylation is 1. The highest BCUT2D eigenvalue weighted by Gasteiger charge is 2.44. The Hall–Kier alpha value is -1.81. The topological polar surface area (TPSA) is 91.2 Å². The summed E-state index contributed by atoms with van der Waals surface area (Å²) in [5, 5.41) is 15.0. The number of aromatic nitrogens is 3. The summed E-state index contributed by atoms with van der Waals surface area (Å²) in [7, 11) is -1.08. The molecule has 3 aromatic rings. The van der Waals surface area contributed by atoms with Gasteiger partial charge in [0.05, 0.1) is 43.9 Å². The Labute approximate surface area is 197 Å². The third kappa shape index (κ3) is 3.69. The van der Waals surface area contributed by atoms with Gasteiger partial charge in [0.15, 0.2) is 0 Å². The van der Waals surface area contributed by atoms with Crippen LogP contribution in [0, 0.1) is 0 Å². The fourth-order valence-electron chi connectivity index (χ4n) is 4.55. The first-order valence-corrected chi connectivity index (χ1v) is 13.5. The summed E-state index contributed by atoms with van der Waals surface area (Å²) in [6.45, 7) is 1.77. The predicted molar refractivity (Wildman–Crippen MR) is 129 cm³/mol. The minimum Gasteiger partial charge on any atom is -0.394 e. The van der Waals surface area contributed by atoms with E-state index in [1.54, 1.807) is 11.3 Å². The van der Waals surface area contributed by atoms with Crippen molar-refractivity contribution in [2.75, 3.05) is 35.7 Å². The average Bonchev–Trinajstić information content (AvgIpc) is 3.28. The Morgan fingerprint density at radius 1 is 1.25 bits per heavy atom. The van der Waals surface area contributed by atoms with Crippen molar-refractivity contribution in [3.63, 3.8) is 0 Å². The third-order valence-corrected chi connectivity index (χ3v) is 9.60. The first-order chi connectivity index (χ1) is 15.5. The van der Waals surface area contributed by atoms with Crippen LogP contribution in [0.4, 0.5) is 11.8 Å². The van der Waals surface area contributed by atoms with Crippen molar-refractivity contribution >= 4 is 55.7 Å². The minimum atomic E-state index is -1.08. The number of hydrogen-bond donors (Lipinski definition) is 2. The van der Waals surface area contributed by atoms with Crippen LogP contribution in [0.15, 0.2) is 23.1 Å². The van der Waals surface area contributed by atoms with E-state index in [2.05, 4.69) is 10.2 Å². The summed E-state index contributed by atoms with van der Waals surface area (Å²) in [5.41, 5.74) is 1.55. The Kier molecular flexibility index (Phi) is 5.13. The van der Waals surface area contributed by atoms with Gasteiger partial charge in [0.2, 0.25) is 5.95 Å². The number of hydrogen-bond acceptors (Lipinski definition) is 8. The predicted octanol–water partition coefficient (Wildman–Crippen LogP) is 3.72. The molecule has 0 spiro atoms. The van der Waals surface area contributed by atoms with Crippen LogP contribution < -0.4 is 10.2 Å². The van der Waals surface area contributed by atoms with Crippen LogP contribution in [0.3, 0.4) is 0 Å². The molecule has 10 heteroatoms. The van der Waals surface area contributed by atoms with Crippen molar-refractivity contribution < 1.29 is 9.32 Å². The van der Waals surface area contributed by atoms with Crippen molar-refractivity contribution in [3.8, 4) is 0 Å². The Bertz CT molecular complexity index is 1220. The molecule has 1 atom stereocenters. The third-order valence-electron chi connectivity index (χ3n) is 6.71. The summed E-state index contributed by atoms with van der Waals surface area (Å²) in [6.07, 6.45) is 4.50. The molecule has 1 unspecified atom stereocenters. The van der Waals surface area contributed by atoms with E-state index in [-0.39, 0.29) is 12.1 Å². The molecule has 1 aliphatic carbocycles. The largest absolute Gasteiger partial charge is 0.394 e. The van der Waals surface area contributed by atoms with Gasteiger partial charge in [-0.05, 0) is 43.9 Å². The van der Waals surface area contributed by atoms with Crippen molar-refractivity contribution in [1.82, 2.24) is 15.0 Å². The molecule has 0 amide bonds. The lowest BCUT2D eigenvalue weighted by atomic mass is 9.98. The van der Waals surface area contributed by atoms with Gasteiger partial charge in [0, 0.05) is 36.2 Å². The molecule has 6 rings (SSSR count). The normalized spacial score (nSPS) is 22.3. The van der Waals surface area contributed by atoms with Crippen molar-refractivity contribution in [2.24, 2.45) is 0 Å². The second kappa shape index (κ2) is 7.90. The Balaban J connectivity index is 1.23. The van der Waals surface area contributed by atoms with Gasteiger partial charge in [-0.15, -0.1) is 11.3 Å². The second-order valence-corrected chi connectivity index (χ2v) is 11.9. The maximum Gasteiger partial charge on any atom is 0.227 e. The second-order valence-electron chi connectivity index (χ2n) is 8.94. The SMILES string of the molecule is O=S1CCc2nc(N3CCC(c4nc5cc(Cl)ccc5s4)CC3)nc(NC3(CO)CC3)c21. The van der Waals surface area contributed by atoms with Gasteiger partial charge in [-0.2, -0.15) is 4.98 Å². The number of nitrogens with one attached hydrogen (secondary N) is 1. The molecule has 0 radical (unpaired) electrons. The number of halogens is 1. The molecule has 2 N–H and O–H groups in total. The van der Waals surface area contributed by atoms with E-state index >= 15 is 0 Å². The summed E-state index contributed by atoms with van der Waals surface area (Å²) in [5.74, 6) is 2.37. The average molecular weight is 490 g/mol. The van der Waals surface area contributed by atoms with E-state index in [4.69, 9.17) is 26.6 Å². The van der Waals surface area contributed by atoms with Crippen molar-refractivity contribution in [3.05, 3.63) is 33.9 Å². The highest BCUT2D eigenvalue weighted by Crippen LogP contribution is 2.41. The zero-order valence-corrected chi connectivity index (χ0v) is 19.9. The maximum atomic E-state index is 12.6. The van der Waals surface area contributed by atoms with Gasteiger partial charge in [0.25, 0.3) is 0 Å². The standard InChI is InChI=1S/C22H24ClN5O2S2/c23-14-1-2-17-16(11-14)24-20(31-17)13-3-8-28(9-4-13)21-25-15-5-10-32(30)18(15)19(26-21)27-22(12-29)6-7-22/h1-2,11,13,29H,3-10,12H2,(H,25,26,27). The monoisotopic (exact) mass is 489 g/mol. The number of piperidine rings is 1. The number of benzene rings is 1. The molecule has 3 aliphatic rings. The molecule has 1 saturated carbocycles. The molecule has 4 heterocycles. The summed E-state index contributed by atoms with van der Waals surface area (Å²) >= 11 is 7.88. The Morgan fingerprint density at radius 3 is 2.81 bits per heavy atom. The van der Waals surface area contributed by atoms with Gasteiger partial charge >= 0.3 is 0 Å². The van der Waals surface area contributed by atoms with Gasteiger partial charge in [-0.25, -0.2) is 9.97 Å². The highest BCUT2D eigenvalue weighted by molar-refractivity contribution is 7.85. The molecule has 2 aromatic heterocycles. The number of aliphatic hydroxyl groups excluding tert-OH is 1. The summed E-state index contributed by atoms with van der Waals surface area (Å²) < 4.78 is 13.7. The van der Waals surface area contributed by atoms with Crippen LogP contribution in [0.1, 0.15) is 42.3 Å². The van der Waals surface area contributed by atoms with Crippen LogP contribution in [0.25, 0.3) is 10.2 Å². The lowest BCUT2D eigenvalue weighted by Crippen LogP contribution is -2.35. The lowest BCUT2D eigenvalue weighted by Gasteiger charge is -2.31. The van der Waals surface area contributed by atoms with Crippen LogP contribution in [-0.2, 0) is 17.2 Å². The number of rotatable bonds is 5. The van der Waals surface area contributed by atoms with Gasteiger partial charge in [0.1, 0.15) is 10.7 Å². The molecule has 168 valence electrons. The molecule has 32 heavy (non-hydrogen) atoms. The number of thiazole rings is 1. The van der Waals surface area contributed by atoms with Gasteiger partial charge in [-0.3, -0.25) is 4.21 Å². The van der Waals surface area contributed by atoms with E-state index in [1.165, 1.54) is 9.71 Å². The zero-order valence-electron chi connectivity index (χ0n) is 17.5. The Morgan fingerprint density at radius 2 is 2.06 bits per heavy atom. The quantitative estimate of drug-likeness (QED) is 0.564. The summed E-state index contributed by atoms with van der Waals surface area (Å²) in [4.78, 5) is 17.4. The van der Waals surface area contributed by atoms with Crippen molar-refractivity contribution in [1.29, 1.82) is 0 Å². The number of aliphatic hydroxyl groups is 1. The molecule has 0 bridgehead atoms.